The van der Waals surface area contributed by atoms with Gasteiger partial charge in [-0.3, -0.25) is 4.79 Å². The quantitative estimate of drug-likeness (QED) is 0.874. The number of piperidine rings is 1. The van der Waals surface area contributed by atoms with Gasteiger partial charge in [0.25, 0.3) is 0 Å². The molecular weight excluding hydrogens is 328 g/mol. The van der Waals surface area contributed by atoms with Crippen LogP contribution < -0.4 is 15.5 Å². The van der Waals surface area contributed by atoms with Crippen LogP contribution in [0, 0.1) is 0 Å². The zero-order chi connectivity index (χ0) is 17.1. The highest BCUT2D eigenvalue weighted by Gasteiger charge is 2.31. The molecule has 2 atom stereocenters. The number of carbonyl (C=O) groups excluding carboxylic acids is 2. The van der Waals surface area contributed by atoms with E-state index in [0.717, 1.165) is 36.6 Å². The Bertz CT molecular complexity index is 624. The smallest absolute Gasteiger partial charge is 0.315 e. The molecule has 2 N–H and O–H groups in total. The number of nitrogens with one attached hydrogen (secondary N) is 2. The first-order valence-electron chi connectivity index (χ1n) is 8.36. The van der Waals surface area contributed by atoms with E-state index in [-0.39, 0.29) is 18.0 Å². The van der Waals surface area contributed by atoms with E-state index in [1.807, 2.05) is 24.3 Å². The normalized spacial score (nSPS) is 24.2. The molecule has 2 saturated heterocycles. The van der Waals surface area contributed by atoms with Crippen LogP contribution in [0.4, 0.5) is 10.5 Å². The average molecular weight is 351 g/mol. The third-order valence-corrected chi connectivity index (χ3v) is 5.00. The van der Waals surface area contributed by atoms with Gasteiger partial charge in [-0.05, 0) is 31.4 Å². The van der Waals surface area contributed by atoms with Gasteiger partial charge in [0.15, 0.2) is 0 Å². The number of hydrogen-bond acceptors (Lipinski definition) is 3. The molecule has 130 valence electrons. The van der Waals surface area contributed by atoms with Gasteiger partial charge in [-0.2, -0.15) is 0 Å². The molecule has 2 fully saturated rings. The zero-order valence-electron chi connectivity index (χ0n) is 13.8. The lowest BCUT2D eigenvalue weighted by Gasteiger charge is -2.35. The van der Waals surface area contributed by atoms with Crippen LogP contribution >= 0.6 is 11.6 Å². The number of para-hydroxylation sites is 1. The number of urea groups is 1. The summed E-state index contributed by atoms with van der Waals surface area (Å²) in [5, 5.41) is 6.51. The van der Waals surface area contributed by atoms with Crippen molar-refractivity contribution in [1.29, 1.82) is 0 Å². The molecule has 3 rings (SSSR count). The van der Waals surface area contributed by atoms with E-state index in [1.165, 1.54) is 0 Å². The lowest BCUT2D eigenvalue weighted by molar-refractivity contribution is -0.128. The maximum atomic E-state index is 12.2. The number of amides is 3. The second-order valence-corrected chi connectivity index (χ2v) is 6.86. The van der Waals surface area contributed by atoms with E-state index in [2.05, 4.69) is 15.5 Å². The summed E-state index contributed by atoms with van der Waals surface area (Å²) in [6.07, 6.45) is 2.58. The van der Waals surface area contributed by atoms with Gasteiger partial charge < -0.3 is 20.4 Å². The average Bonchev–Trinajstić information content (AvgIpc) is 2.87. The molecular formula is C17H23ClN4O2. The second kappa shape index (κ2) is 7.30. The van der Waals surface area contributed by atoms with E-state index in [0.29, 0.717) is 13.0 Å². The fourth-order valence-corrected chi connectivity index (χ4v) is 3.62. The standard InChI is InChI=1S/C17H23ClN4O2/c1-21-10-8-14(16(21)23)20-17(24)19-12-5-4-9-22(11-12)15-7-3-2-6-13(15)18/h2-3,6-7,12,14H,4-5,8-11H2,1H3,(H2,19,20,24). The SMILES string of the molecule is CN1CCC(NC(=O)NC2CCCN(c3ccccc3Cl)C2)C1=O. The van der Waals surface area contributed by atoms with Crippen LogP contribution in [0.15, 0.2) is 24.3 Å². The molecule has 2 aliphatic heterocycles. The Morgan fingerprint density at radius 3 is 2.71 bits per heavy atom. The van der Waals surface area contributed by atoms with Gasteiger partial charge >= 0.3 is 6.03 Å². The van der Waals surface area contributed by atoms with Crippen LogP contribution in [-0.4, -0.2) is 55.6 Å². The Labute approximate surface area is 147 Å². The fourth-order valence-electron chi connectivity index (χ4n) is 3.36. The van der Waals surface area contributed by atoms with Crippen LogP contribution in [0.3, 0.4) is 0 Å². The molecule has 0 radical (unpaired) electrons. The Balaban J connectivity index is 1.55. The first kappa shape index (κ1) is 16.9. The molecule has 6 nitrogen and oxygen atoms in total. The van der Waals surface area contributed by atoms with Gasteiger partial charge in [-0.15, -0.1) is 0 Å². The van der Waals surface area contributed by atoms with Crippen molar-refractivity contribution in [2.45, 2.75) is 31.3 Å². The minimum atomic E-state index is -0.404. The third kappa shape index (κ3) is 3.75. The molecule has 0 aromatic heterocycles. The number of hydrogen-bond donors (Lipinski definition) is 2. The highest BCUT2D eigenvalue weighted by molar-refractivity contribution is 6.33. The molecule has 1 aromatic rings. The molecule has 2 unspecified atom stereocenters. The lowest BCUT2D eigenvalue weighted by Crippen LogP contribution is -2.53. The lowest BCUT2D eigenvalue weighted by atomic mass is 10.0. The maximum Gasteiger partial charge on any atom is 0.315 e. The molecule has 24 heavy (non-hydrogen) atoms. The summed E-state index contributed by atoms with van der Waals surface area (Å²) in [6.45, 7) is 2.33. The molecule has 0 spiro atoms. The second-order valence-electron chi connectivity index (χ2n) is 6.46. The summed E-state index contributed by atoms with van der Waals surface area (Å²) in [5.74, 6) is -0.0218. The van der Waals surface area contributed by atoms with Crippen molar-refractivity contribution in [3.05, 3.63) is 29.3 Å². The largest absolute Gasteiger partial charge is 0.368 e. The van der Waals surface area contributed by atoms with Crippen LogP contribution in [0.2, 0.25) is 5.02 Å². The van der Waals surface area contributed by atoms with Gasteiger partial charge in [0.1, 0.15) is 6.04 Å². The van der Waals surface area contributed by atoms with Gasteiger partial charge in [0, 0.05) is 32.7 Å². The highest BCUT2D eigenvalue weighted by atomic mass is 35.5. The molecule has 0 aliphatic carbocycles. The fraction of sp³-hybridized carbons (Fsp3) is 0.529. The highest BCUT2D eigenvalue weighted by Crippen LogP contribution is 2.27. The summed E-state index contributed by atoms with van der Waals surface area (Å²) in [5.41, 5.74) is 0.999. The number of anilines is 1. The van der Waals surface area contributed by atoms with Crippen molar-refractivity contribution < 1.29 is 9.59 Å². The van der Waals surface area contributed by atoms with E-state index in [9.17, 15) is 9.59 Å². The first-order valence-corrected chi connectivity index (χ1v) is 8.74. The molecule has 1 aromatic carbocycles. The maximum absolute atomic E-state index is 12.2. The number of nitrogens with zero attached hydrogens (tertiary/aromatic N) is 2. The summed E-state index contributed by atoms with van der Waals surface area (Å²) < 4.78 is 0. The minimum Gasteiger partial charge on any atom is -0.368 e. The van der Waals surface area contributed by atoms with E-state index in [4.69, 9.17) is 11.6 Å². The number of benzene rings is 1. The Hall–Kier alpha value is -1.95. The summed E-state index contributed by atoms with van der Waals surface area (Å²) in [7, 11) is 1.75. The molecule has 0 bridgehead atoms. The van der Waals surface area contributed by atoms with Crippen molar-refractivity contribution in [3.63, 3.8) is 0 Å². The van der Waals surface area contributed by atoms with E-state index < -0.39 is 6.04 Å². The van der Waals surface area contributed by atoms with Gasteiger partial charge in [0.2, 0.25) is 5.91 Å². The van der Waals surface area contributed by atoms with Crippen molar-refractivity contribution in [2.24, 2.45) is 0 Å². The van der Waals surface area contributed by atoms with Crippen LogP contribution in [0.5, 0.6) is 0 Å². The number of likely N-dealkylation sites (tertiary alicyclic amines) is 1. The number of halogens is 1. The summed E-state index contributed by atoms with van der Waals surface area (Å²) in [6, 6.07) is 7.12. The summed E-state index contributed by atoms with van der Waals surface area (Å²) in [4.78, 5) is 27.9. The summed E-state index contributed by atoms with van der Waals surface area (Å²) >= 11 is 6.27. The van der Waals surface area contributed by atoms with Gasteiger partial charge in [-0.25, -0.2) is 4.79 Å². The third-order valence-electron chi connectivity index (χ3n) is 4.68. The van der Waals surface area contributed by atoms with E-state index in [1.54, 1.807) is 11.9 Å². The molecule has 3 amide bonds. The van der Waals surface area contributed by atoms with Crippen molar-refractivity contribution in [3.8, 4) is 0 Å². The molecule has 7 heteroatoms. The van der Waals surface area contributed by atoms with Gasteiger partial charge in [-0.1, -0.05) is 23.7 Å². The molecule has 2 heterocycles. The Kier molecular flexibility index (Phi) is 5.14. The predicted octanol–water partition coefficient (Wildman–Crippen LogP) is 1.84. The van der Waals surface area contributed by atoms with Crippen LogP contribution in [-0.2, 0) is 4.79 Å². The van der Waals surface area contributed by atoms with Crippen LogP contribution in [0.1, 0.15) is 19.3 Å². The Morgan fingerprint density at radius 2 is 2.00 bits per heavy atom. The van der Waals surface area contributed by atoms with Crippen molar-refractivity contribution in [2.75, 3.05) is 31.6 Å². The topological polar surface area (TPSA) is 64.7 Å². The Morgan fingerprint density at radius 1 is 1.21 bits per heavy atom. The monoisotopic (exact) mass is 350 g/mol. The van der Waals surface area contributed by atoms with Crippen molar-refractivity contribution >= 4 is 29.2 Å². The minimum absolute atomic E-state index is 0.0218. The number of carbonyl (C=O) groups is 2. The molecule has 2 aliphatic rings. The first-order chi connectivity index (χ1) is 11.5. The predicted molar refractivity (Wildman–Crippen MR) is 94.4 cm³/mol. The van der Waals surface area contributed by atoms with Crippen LogP contribution in [0.25, 0.3) is 0 Å². The van der Waals surface area contributed by atoms with Gasteiger partial charge in [0.05, 0.1) is 10.7 Å². The molecule has 0 saturated carbocycles. The number of rotatable bonds is 3. The number of likely N-dealkylation sites (N-methyl/N-ethyl adjacent to an activating group) is 1. The van der Waals surface area contributed by atoms with E-state index >= 15 is 0 Å². The zero-order valence-corrected chi connectivity index (χ0v) is 14.6. The van der Waals surface area contributed by atoms with Crippen molar-refractivity contribution in [1.82, 2.24) is 15.5 Å².